The van der Waals surface area contributed by atoms with Gasteiger partial charge in [0, 0.05) is 18.3 Å². The van der Waals surface area contributed by atoms with Crippen LogP contribution in [0, 0.1) is 5.41 Å². The number of piperidine rings is 1. The van der Waals surface area contributed by atoms with Crippen LogP contribution in [-0.2, 0) is 0 Å². The molecule has 2 atom stereocenters. The number of aliphatic hydroxyl groups is 1. The van der Waals surface area contributed by atoms with Crippen molar-refractivity contribution in [1.82, 2.24) is 9.97 Å². The Kier molecular flexibility index (Phi) is 2.66. The maximum Gasteiger partial charge on any atom is 0.226 e. The Morgan fingerprint density at radius 3 is 2.67 bits per heavy atom. The van der Waals surface area contributed by atoms with Gasteiger partial charge in [-0.3, -0.25) is 5.41 Å². The van der Waals surface area contributed by atoms with Crippen LogP contribution in [0.25, 0.3) is 0 Å². The van der Waals surface area contributed by atoms with E-state index < -0.39 is 0 Å². The van der Waals surface area contributed by atoms with E-state index in [1.165, 1.54) is 0 Å². The van der Waals surface area contributed by atoms with Gasteiger partial charge < -0.3 is 15.7 Å². The molecule has 0 aromatic carbocycles. The normalized spacial score (nSPS) is 30.5. The smallest absolute Gasteiger partial charge is 0.226 e. The molecule has 2 unspecified atom stereocenters. The topological polar surface area (TPSA) is 99.1 Å². The van der Waals surface area contributed by atoms with E-state index in [1.54, 1.807) is 12.3 Å². The second-order valence-corrected chi connectivity index (χ2v) is 5.07. The molecule has 6 heteroatoms. The standard InChI is InChI=1S/C12H17N5O/c13-11(14)10-3-4-15-12(16-10)17-7-1-2-8(17)6-9(18)5-7/h3-4,7-9,18H,1-2,5-6H2,(H3,13,14). The molecule has 3 rings (SSSR count). The van der Waals surface area contributed by atoms with Gasteiger partial charge in [-0.1, -0.05) is 0 Å². The van der Waals surface area contributed by atoms with Gasteiger partial charge in [0.25, 0.3) is 0 Å². The quantitative estimate of drug-likeness (QED) is 0.514. The third-order valence-corrected chi connectivity index (χ3v) is 3.86. The number of aromatic nitrogens is 2. The lowest BCUT2D eigenvalue weighted by Gasteiger charge is -2.37. The molecule has 0 radical (unpaired) electrons. The van der Waals surface area contributed by atoms with Gasteiger partial charge in [0.05, 0.1) is 6.10 Å². The molecule has 18 heavy (non-hydrogen) atoms. The molecule has 2 aliphatic rings. The molecule has 0 amide bonds. The average Bonchev–Trinajstić information content (AvgIpc) is 2.62. The molecule has 4 N–H and O–H groups in total. The van der Waals surface area contributed by atoms with Crippen molar-refractivity contribution in [2.75, 3.05) is 4.90 Å². The van der Waals surface area contributed by atoms with Crippen molar-refractivity contribution in [3.8, 4) is 0 Å². The zero-order valence-electron chi connectivity index (χ0n) is 10.1. The van der Waals surface area contributed by atoms with Crippen molar-refractivity contribution in [2.45, 2.75) is 43.9 Å². The monoisotopic (exact) mass is 247 g/mol. The summed E-state index contributed by atoms with van der Waals surface area (Å²) in [4.78, 5) is 10.8. The van der Waals surface area contributed by atoms with Crippen molar-refractivity contribution in [2.24, 2.45) is 5.73 Å². The second kappa shape index (κ2) is 4.20. The summed E-state index contributed by atoms with van der Waals surface area (Å²) in [7, 11) is 0. The first-order valence-corrected chi connectivity index (χ1v) is 6.29. The number of nitrogens with zero attached hydrogens (tertiary/aromatic N) is 3. The molecular formula is C12H17N5O. The van der Waals surface area contributed by atoms with E-state index >= 15 is 0 Å². The highest BCUT2D eigenvalue weighted by atomic mass is 16.3. The van der Waals surface area contributed by atoms with Crippen LogP contribution < -0.4 is 10.6 Å². The molecule has 0 spiro atoms. The highest BCUT2D eigenvalue weighted by Crippen LogP contribution is 2.37. The fraction of sp³-hybridized carbons (Fsp3) is 0.583. The molecule has 1 aromatic rings. The van der Waals surface area contributed by atoms with Gasteiger partial charge in [-0.25, -0.2) is 9.97 Å². The van der Waals surface area contributed by atoms with Crippen LogP contribution in [0.3, 0.4) is 0 Å². The first kappa shape index (κ1) is 11.4. The van der Waals surface area contributed by atoms with Gasteiger partial charge >= 0.3 is 0 Å². The summed E-state index contributed by atoms with van der Waals surface area (Å²) in [6.45, 7) is 0. The van der Waals surface area contributed by atoms with Crippen LogP contribution in [0.1, 0.15) is 31.4 Å². The second-order valence-electron chi connectivity index (χ2n) is 5.07. The molecule has 3 heterocycles. The summed E-state index contributed by atoms with van der Waals surface area (Å²) in [5.41, 5.74) is 5.92. The molecule has 96 valence electrons. The minimum atomic E-state index is -0.199. The third kappa shape index (κ3) is 1.82. The molecule has 2 aliphatic heterocycles. The molecule has 0 aliphatic carbocycles. The Hall–Kier alpha value is -1.69. The summed E-state index contributed by atoms with van der Waals surface area (Å²) in [5, 5.41) is 17.2. The molecule has 2 bridgehead atoms. The van der Waals surface area contributed by atoms with Gasteiger partial charge in [-0.05, 0) is 31.7 Å². The number of hydrogen-bond donors (Lipinski definition) is 3. The zero-order chi connectivity index (χ0) is 12.7. The van der Waals surface area contributed by atoms with Crippen molar-refractivity contribution < 1.29 is 5.11 Å². The van der Waals surface area contributed by atoms with Gasteiger partial charge in [-0.15, -0.1) is 0 Å². The Morgan fingerprint density at radius 1 is 1.39 bits per heavy atom. The molecule has 2 saturated heterocycles. The van der Waals surface area contributed by atoms with Crippen LogP contribution in [-0.4, -0.2) is 39.1 Å². The number of hydrogen-bond acceptors (Lipinski definition) is 5. The van der Waals surface area contributed by atoms with Crippen LogP contribution in [0.15, 0.2) is 12.3 Å². The lowest BCUT2D eigenvalue weighted by molar-refractivity contribution is 0.125. The van der Waals surface area contributed by atoms with E-state index in [-0.39, 0.29) is 11.9 Å². The fourth-order valence-corrected chi connectivity index (χ4v) is 3.10. The predicted molar refractivity (Wildman–Crippen MR) is 67.6 cm³/mol. The average molecular weight is 247 g/mol. The Bertz CT molecular complexity index is 463. The van der Waals surface area contributed by atoms with Crippen molar-refractivity contribution in [3.05, 3.63) is 18.0 Å². The molecule has 2 fully saturated rings. The maximum atomic E-state index is 9.78. The van der Waals surface area contributed by atoms with Crippen LogP contribution >= 0.6 is 0 Å². The number of nitrogens with one attached hydrogen (secondary N) is 1. The lowest BCUT2D eigenvalue weighted by Crippen LogP contribution is -2.45. The molecule has 1 aromatic heterocycles. The highest BCUT2D eigenvalue weighted by Gasteiger charge is 2.41. The summed E-state index contributed by atoms with van der Waals surface area (Å²) in [6.07, 6.45) is 5.16. The predicted octanol–water partition coefficient (Wildman–Crippen LogP) is 0.253. The van der Waals surface area contributed by atoms with Crippen LogP contribution in [0.5, 0.6) is 0 Å². The van der Waals surface area contributed by atoms with Crippen molar-refractivity contribution >= 4 is 11.8 Å². The van der Waals surface area contributed by atoms with Crippen molar-refractivity contribution in [3.63, 3.8) is 0 Å². The third-order valence-electron chi connectivity index (χ3n) is 3.86. The Labute approximate surface area is 105 Å². The lowest BCUT2D eigenvalue weighted by atomic mass is 10.0. The first-order valence-electron chi connectivity index (χ1n) is 6.29. The van der Waals surface area contributed by atoms with E-state index in [9.17, 15) is 5.11 Å². The van der Waals surface area contributed by atoms with E-state index in [0.29, 0.717) is 23.7 Å². The van der Waals surface area contributed by atoms with Gasteiger partial charge in [0.1, 0.15) is 11.5 Å². The molecular weight excluding hydrogens is 230 g/mol. The Balaban J connectivity index is 1.91. The van der Waals surface area contributed by atoms with Crippen LogP contribution in [0.2, 0.25) is 0 Å². The fourth-order valence-electron chi connectivity index (χ4n) is 3.10. The zero-order valence-corrected chi connectivity index (χ0v) is 10.1. The highest BCUT2D eigenvalue weighted by molar-refractivity contribution is 5.93. The van der Waals surface area contributed by atoms with Gasteiger partial charge in [0.15, 0.2) is 0 Å². The summed E-state index contributed by atoms with van der Waals surface area (Å²) >= 11 is 0. The largest absolute Gasteiger partial charge is 0.393 e. The molecule has 0 saturated carbocycles. The summed E-state index contributed by atoms with van der Waals surface area (Å²) in [6, 6.07) is 2.29. The number of fused-ring (bicyclic) bond motifs is 2. The SMILES string of the molecule is N=C(N)c1ccnc(N2C3CCC2CC(O)C3)n1. The number of amidine groups is 1. The number of anilines is 1. The molecule has 6 nitrogen and oxygen atoms in total. The van der Waals surface area contributed by atoms with E-state index in [0.717, 1.165) is 25.7 Å². The minimum Gasteiger partial charge on any atom is -0.393 e. The Morgan fingerprint density at radius 2 is 2.06 bits per heavy atom. The summed E-state index contributed by atoms with van der Waals surface area (Å²) < 4.78 is 0. The van der Waals surface area contributed by atoms with Gasteiger partial charge in [0.2, 0.25) is 5.95 Å². The number of nitrogens with two attached hydrogens (primary N) is 1. The number of nitrogen functional groups attached to an aromatic ring is 1. The number of aliphatic hydroxyl groups excluding tert-OH is 1. The van der Waals surface area contributed by atoms with E-state index in [4.69, 9.17) is 11.1 Å². The van der Waals surface area contributed by atoms with E-state index in [2.05, 4.69) is 14.9 Å². The minimum absolute atomic E-state index is 0.0389. The summed E-state index contributed by atoms with van der Waals surface area (Å²) in [5.74, 6) is 0.602. The first-order chi connectivity index (χ1) is 8.65. The van der Waals surface area contributed by atoms with Crippen molar-refractivity contribution in [1.29, 1.82) is 5.41 Å². The maximum absolute atomic E-state index is 9.78. The van der Waals surface area contributed by atoms with E-state index in [1.807, 2.05) is 0 Å². The van der Waals surface area contributed by atoms with Crippen LogP contribution in [0.4, 0.5) is 5.95 Å². The van der Waals surface area contributed by atoms with Gasteiger partial charge in [-0.2, -0.15) is 0 Å². The number of rotatable bonds is 2.